The Kier molecular flexibility index (Phi) is 5.06. The number of hydrogen-bond acceptors (Lipinski definition) is 4. The van der Waals surface area contributed by atoms with Crippen molar-refractivity contribution < 1.29 is 9.59 Å². The average Bonchev–Trinajstić information content (AvgIpc) is 2.63. The molecule has 0 aliphatic carbocycles. The third-order valence-electron chi connectivity index (χ3n) is 4.79. The van der Waals surface area contributed by atoms with E-state index >= 15 is 0 Å². The van der Waals surface area contributed by atoms with E-state index < -0.39 is 0 Å². The van der Waals surface area contributed by atoms with Crippen LogP contribution in [0.2, 0.25) is 0 Å². The Morgan fingerprint density at radius 3 is 2.38 bits per heavy atom. The van der Waals surface area contributed by atoms with Crippen molar-refractivity contribution in [2.45, 2.75) is 33.2 Å². The largest absolute Gasteiger partial charge is 0.369 e. The molecule has 2 aromatic rings. The normalized spacial score (nSPS) is 15.6. The van der Waals surface area contributed by atoms with Crippen LogP contribution in [0.5, 0.6) is 0 Å². The molecular weight excluding hydrogens is 332 g/mol. The lowest BCUT2D eigenvalue weighted by Crippen LogP contribution is -2.42. The lowest BCUT2D eigenvalue weighted by molar-refractivity contribution is -0.123. The molecule has 138 valence electrons. The molecule has 2 amide bonds. The highest BCUT2D eigenvalue weighted by atomic mass is 16.2. The van der Waals surface area contributed by atoms with Gasteiger partial charge >= 0.3 is 0 Å². The van der Waals surface area contributed by atoms with Gasteiger partial charge in [0.05, 0.1) is 5.39 Å². The highest BCUT2D eigenvalue weighted by Gasteiger charge is 2.28. The van der Waals surface area contributed by atoms with Crippen molar-refractivity contribution >= 4 is 22.6 Å². The number of fused-ring (bicyclic) bond motifs is 1. The van der Waals surface area contributed by atoms with Crippen LogP contribution < -0.4 is 11.3 Å². The number of benzene rings is 1. The fourth-order valence-electron chi connectivity index (χ4n) is 3.38. The van der Waals surface area contributed by atoms with Crippen molar-refractivity contribution in [3.05, 3.63) is 40.3 Å². The van der Waals surface area contributed by atoms with E-state index in [1.807, 2.05) is 13.8 Å². The van der Waals surface area contributed by atoms with Gasteiger partial charge in [-0.2, -0.15) is 5.10 Å². The maximum atomic E-state index is 13.1. The first-order chi connectivity index (χ1) is 12.4. The van der Waals surface area contributed by atoms with Gasteiger partial charge in [0.15, 0.2) is 5.69 Å². The van der Waals surface area contributed by atoms with E-state index in [9.17, 15) is 14.4 Å². The molecule has 1 saturated heterocycles. The number of nitrogens with two attached hydrogens (primary N) is 1. The Balaban J connectivity index is 1.98. The Morgan fingerprint density at radius 1 is 1.19 bits per heavy atom. The Hall–Kier alpha value is -2.70. The van der Waals surface area contributed by atoms with Crippen LogP contribution in [0.25, 0.3) is 10.8 Å². The minimum Gasteiger partial charge on any atom is -0.369 e. The molecule has 26 heavy (non-hydrogen) atoms. The summed E-state index contributed by atoms with van der Waals surface area (Å²) in [5, 5.41) is 5.46. The quantitative estimate of drug-likeness (QED) is 0.895. The molecule has 0 spiro atoms. The monoisotopic (exact) mass is 356 g/mol. The van der Waals surface area contributed by atoms with E-state index in [1.165, 1.54) is 4.68 Å². The van der Waals surface area contributed by atoms with Crippen molar-refractivity contribution in [2.24, 2.45) is 17.6 Å². The molecule has 7 nitrogen and oxygen atoms in total. The molecule has 1 aromatic heterocycles. The summed E-state index contributed by atoms with van der Waals surface area (Å²) in [4.78, 5) is 38.8. The number of piperidine rings is 1. The first kappa shape index (κ1) is 18.1. The fraction of sp³-hybridized carbons (Fsp3) is 0.474. The van der Waals surface area contributed by atoms with Gasteiger partial charge in [0.25, 0.3) is 11.5 Å². The molecule has 1 aromatic carbocycles. The second kappa shape index (κ2) is 7.27. The number of carbonyl (C=O) groups excluding carboxylic acids is 2. The van der Waals surface area contributed by atoms with E-state index in [0.29, 0.717) is 48.9 Å². The third kappa shape index (κ3) is 3.47. The van der Waals surface area contributed by atoms with Gasteiger partial charge in [0.2, 0.25) is 5.91 Å². The number of primary amides is 1. The van der Waals surface area contributed by atoms with E-state index in [2.05, 4.69) is 5.10 Å². The van der Waals surface area contributed by atoms with Crippen LogP contribution in [0.4, 0.5) is 0 Å². The molecular formula is C19H24N4O3. The Bertz CT molecular complexity index is 895. The lowest BCUT2D eigenvalue weighted by atomic mass is 9.96. The van der Waals surface area contributed by atoms with Gasteiger partial charge in [-0.05, 0) is 24.8 Å². The summed E-state index contributed by atoms with van der Waals surface area (Å²) in [5.41, 5.74) is 5.47. The molecule has 0 atom stereocenters. The highest BCUT2D eigenvalue weighted by molar-refractivity contribution is 6.04. The van der Waals surface area contributed by atoms with Crippen molar-refractivity contribution in [1.29, 1.82) is 0 Å². The number of likely N-dealkylation sites (tertiary alicyclic amines) is 1. The first-order valence-electron chi connectivity index (χ1n) is 8.97. The fourth-order valence-corrected chi connectivity index (χ4v) is 3.38. The van der Waals surface area contributed by atoms with Gasteiger partial charge < -0.3 is 10.6 Å². The molecule has 1 aliphatic rings. The maximum Gasteiger partial charge on any atom is 0.274 e. The highest BCUT2D eigenvalue weighted by Crippen LogP contribution is 2.21. The summed E-state index contributed by atoms with van der Waals surface area (Å²) in [6.07, 6.45) is 1.12. The number of nitrogens with zero attached hydrogens (tertiary/aromatic N) is 3. The molecule has 3 rings (SSSR count). The standard InChI is InChI=1S/C19H24N4O3/c1-12(2)11-23-18(25)15-6-4-3-5-14(15)16(21-23)19(26)22-9-7-13(8-10-22)17(20)24/h3-6,12-13H,7-11H2,1-2H3,(H2,20,24). The third-order valence-corrected chi connectivity index (χ3v) is 4.79. The van der Waals surface area contributed by atoms with E-state index in [4.69, 9.17) is 5.73 Å². The van der Waals surface area contributed by atoms with Gasteiger partial charge in [-0.15, -0.1) is 0 Å². The summed E-state index contributed by atoms with van der Waals surface area (Å²) in [6, 6.07) is 7.07. The van der Waals surface area contributed by atoms with E-state index in [1.54, 1.807) is 29.2 Å². The lowest BCUT2D eigenvalue weighted by Gasteiger charge is -2.30. The van der Waals surface area contributed by atoms with Crippen LogP contribution in [0.3, 0.4) is 0 Å². The van der Waals surface area contributed by atoms with Gasteiger partial charge in [-0.3, -0.25) is 14.4 Å². The van der Waals surface area contributed by atoms with Crippen LogP contribution in [0.1, 0.15) is 37.2 Å². The van der Waals surface area contributed by atoms with Crippen molar-refractivity contribution in [3.8, 4) is 0 Å². The number of rotatable bonds is 4. The molecule has 2 heterocycles. The summed E-state index contributed by atoms with van der Waals surface area (Å²) in [6.45, 7) is 5.38. The Labute approximate surface area is 151 Å². The van der Waals surface area contributed by atoms with Gasteiger partial charge in [0, 0.05) is 30.9 Å². The number of amides is 2. The first-order valence-corrected chi connectivity index (χ1v) is 8.97. The van der Waals surface area contributed by atoms with Gasteiger partial charge in [0.1, 0.15) is 0 Å². The second-order valence-electron chi connectivity index (χ2n) is 7.24. The van der Waals surface area contributed by atoms with E-state index in [0.717, 1.165) is 0 Å². The SMILES string of the molecule is CC(C)Cn1nc(C(=O)N2CCC(C(N)=O)CC2)c2ccccc2c1=O. The smallest absolute Gasteiger partial charge is 0.274 e. The summed E-state index contributed by atoms with van der Waals surface area (Å²) in [7, 11) is 0. The summed E-state index contributed by atoms with van der Waals surface area (Å²) in [5.74, 6) is -0.470. The molecule has 1 aliphatic heterocycles. The van der Waals surface area contributed by atoms with E-state index in [-0.39, 0.29) is 29.2 Å². The van der Waals surface area contributed by atoms with Gasteiger partial charge in [-0.1, -0.05) is 32.0 Å². The van der Waals surface area contributed by atoms with Crippen LogP contribution in [0.15, 0.2) is 29.1 Å². The van der Waals surface area contributed by atoms with Crippen molar-refractivity contribution in [3.63, 3.8) is 0 Å². The summed E-state index contributed by atoms with van der Waals surface area (Å²) < 4.78 is 1.39. The number of aromatic nitrogens is 2. The molecule has 1 fully saturated rings. The zero-order valence-electron chi connectivity index (χ0n) is 15.1. The Morgan fingerprint density at radius 2 is 1.81 bits per heavy atom. The molecule has 2 N–H and O–H groups in total. The molecule has 0 unspecified atom stereocenters. The zero-order valence-corrected chi connectivity index (χ0v) is 15.1. The molecule has 0 radical (unpaired) electrons. The van der Waals surface area contributed by atoms with Crippen LogP contribution in [-0.2, 0) is 11.3 Å². The molecule has 0 bridgehead atoms. The van der Waals surface area contributed by atoms with Crippen molar-refractivity contribution in [1.82, 2.24) is 14.7 Å². The molecule has 0 saturated carbocycles. The predicted octanol–water partition coefficient (Wildman–Crippen LogP) is 1.39. The topological polar surface area (TPSA) is 98.3 Å². The predicted molar refractivity (Wildman–Crippen MR) is 98.7 cm³/mol. The average molecular weight is 356 g/mol. The minimum atomic E-state index is -0.314. The van der Waals surface area contributed by atoms with Crippen LogP contribution >= 0.6 is 0 Å². The molecule has 7 heteroatoms. The van der Waals surface area contributed by atoms with Crippen LogP contribution in [-0.4, -0.2) is 39.6 Å². The van der Waals surface area contributed by atoms with Crippen LogP contribution in [0, 0.1) is 11.8 Å². The van der Waals surface area contributed by atoms with Gasteiger partial charge in [-0.25, -0.2) is 4.68 Å². The second-order valence-corrected chi connectivity index (χ2v) is 7.24. The number of carbonyl (C=O) groups is 2. The van der Waals surface area contributed by atoms with Crippen molar-refractivity contribution in [2.75, 3.05) is 13.1 Å². The number of hydrogen-bond donors (Lipinski definition) is 1. The summed E-state index contributed by atoms with van der Waals surface area (Å²) >= 11 is 0. The zero-order chi connectivity index (χ0) is 18.8. The maximum absolute atomic E-state index is 13.1. The minimum absolute atomic E-state index is 0.182.